The number of hydrogen-bond donors (Lipinski definition) is 2. The zero-order valence-electron chi connectivity index (χ0n) is 10.1. The number of methoxy groups -OCH3 is 1. The number of nitrogens with zero attached hydrogens (tertiary/aromatic N) is 1. The van der Waals surface area contributed by atoms with Gasteiger partial charge in [-0.1, -0.05) is 0 Å². The average Bonchev–Trinajstić information content (AvgIpc) is 2.27. The van der Waals surface area contributed by atoms with E-state index in [0.29, 0.717) is 13.1 Å². The van der Waals surface area contributed by atoms with E-state index in [9.17, 15) is 4.79 Å². The summed E-state index contributed by atoms with van der Waals surface area (Å²) >= 11 is 0. The first kappa shape index (κ1) is 11.7. The lowest BCUT2D eigenvalue weighted by molar-refractivity contribution is -0.115. The normalized spacial score (nSPS) is 16.2. The summed E-state index contributed by atoms with van der Waals surface area (Å²) in [6, 6.07) is 5.66. The van der Waals surface area contributed by atoms with Crippen LogP contribution < -0.4 is 20.7 Å². The van der Waals surface area contributed by atoms with Crippen molar-refractivity contribution in [2.45, 2.75) is 13.0 Å². The van der Waals surface area contributed by atoms with Gasteiger partial charge in [-0.15, -0.1) is 0 Å². The first-order valence-corrected chi connectivity index (χ1v) is 5.58. The van der Waals surface area contributed by atoms with Crippen LogP contribution >= 0.6 is 0 Å². The molecular weight excluding hydrogens is 218 g/mol. The standard InChI is InChI=1S/C12H17N3O2/c1-8(13)6-15-7-12(16)14-10-5-9(17-2)3-4-11(10)15/h3-5,8H,6-7,13H2,1-2H3,(H,14,16). The monoisotopic (exact) mass is 235 g/mol. The van der Waals surface area contributed by atoms with Crippen LogP contribution in [0.2, 0.25) is 0 Å². The third-order valence-corrected chi connectivity index (χ3v) is 2.66. The Morgan fingerprint density at radius 1 is 1.59 bits per heavy atom. The molecule has 1 aliphatic rings. The lowest BCUT2D eigenvalue weighted by atomic mass is 10.1. The highest BCUT2D eigenvalue weighted by atomic mass is 16.5. The molecule has 0 radical (unpaired) electrons. The molecule has 5 nitrogen and oxygen atoms in total. The van der Waals surface area contributed by atoms with Crippen molar-refractivity contribution in [3.63, 3.8) is 0 Å². The van der Waals surface area contributed by atoms with Crippen molar-refractivity contribution in [3.8, 4) is 5.75 Å². The molecule has 0 saturated carbocycles. The van der Waals surface area contributed by atoms with Crippen molar-refractivity contribution < 1.29 is 9.53 Å². The highest BCUT2D eigenvalue weighted by molar-refractivity contribution is 6.01. The van der Waals surface area contributed by atoms with Crippen LogP contribution in [0, 0.1) is 0 Å². The summed E-state index contributed by atoms with van der Waals surface area (Å²) in [5.74, 6) is 0.707. The molecule has 0 aromatic heterocycles. The highest BCUT2D eigenvalue weighted by Crippen LogP contribution is 2.32. The largest absolute Gasteiger partial charge is 0.497 e. The van der Waals surface area contributed by atoms with Gasteiger partial charge in [-0.05, 0) is 19.1 Å². The fraction of sp³-hybridized carbons (Fsp3) is 0.417. The quantitative estimate of drug-likeness (QED) is 0.813. The van der Waals surface area contributed by atoms with Gasteiger partial charge in [-0.25, -0.2) is 0 Å². The maximum absolute atomic E-state index is 11.6. The van der Waals surface area contributed by atoms with Gasteiger partial charge in [-0.2, -0.15) is 0 Å². The van der Waals surface area contributed by atoms with Gasteiger partial charge in [0.05, 0.1) is 25.0 Å². The van der Waals surface area contributed by atoms with E-state index in [0.717, 1.165) is 17.1 Å². The summed E-state index contributed by atoms with van der Waals surface area (Å²) in [5, 5.41) is 2.84. The summed E-state index contributed by atoms with van der Waals surface area (Å²) in [6.07, 6.45) is 0. The highest BCUT2D eigenvalue weighted by Gasteiger charge is 2.22. The Morgan fingerprint density at radius 3 is 3.00 bits per heavy atom. The molecule has 0 saturated heterocycles. The number of hydrogen-bond acceptors (Lipinski definition) is 4. The average molecular weight is 235 g/mol. The van der Waals surface area contributed by atoms with Crippen LogP contribution in [0.25, 0.3) is 0 Å². The van der Waals surface area contributed by atoms with Gasteiger partial charge in [0.15, 0.2) is 0 Å². The van der Waals surface area contributed by atoms with Crippen molar-refractivity contribution in [1.29, 1.82) is 0 Å². The van der Waals surface area contributed by atoms with Gasteiger partial charge in [0.2, 0.25) is 5.91 Å². The van der Waals surface area contributed by atoms with Crippen LogP contribution in [0.1, 0.15) is 6.92 Å². The fourth-order valence-electron chi connectivity index (χ4n) is 1.98. The molecule has 1 amide bonds. The van der Waals surface area contributed by atoms with Gasteiger partial charge in [0, 0.05) is 18.7 Å². The SMILES string of the molecule is COc1ccc2c(c1)NC(=O)CN2CC(C)N. The van der Waals surface area contributed by atoms with Gasteiger partial charge in [0.25, 0.3) is 0 Å². The number of ether oxygens (including phenoxy) is 1. The lowest BCUT2D eigenvalue weighted by Crippen LogP contribution is -2.43. The Labute approximate surface area is 101 Å². The predicted octanol–water partition coefficient (Wildman–Crippen LogP) is 0.801. The minimum Gasteiger partial charge on any atom is -0.497 e. The van der Waals surface area contributed by atoms with Crippen molar-refractivity contribution in [2.75, 3.05) is 30.4 Å². The number of carbonyl (C=O) groups is 1. The molecule has 3 N–H and O–H groups in total. The van der Waals surface area contributed by atoms with E-state index >= 15 is 0 Å². The Bertz CT molecular complexity index is 432. The predicted molar refractivity (Wildman–Crippen MR) is 67.5 cm³/mol. The van der Waals surface area contributed by atoms with E-state index in [4.69, 9.17) is 10.5 Å². The lowest BCUT2D eigenvalue weighted by Gasteiger charge is -2.32. The van der Waals surface area contributed by atoms with Crippen molar-refractivity contribution in [2.24, 2.45) is 5.73 Å². The summed E-state index contributed by atoms with van der Waals surface area (Å²) in [6.45, 7) is 2.93. The van der Waals surface area contributed by atoms with Crippen molar-refractivity contribution in [3.05, 3.63) is 18.2 Å². The first-order valence-electron chi connectivity index (χ1n) is 5.58. The van der Waals surface area contributed by atoms with Crippen LogP contribution in [0.15, 0.2) is 18.2 Å². The summed E-state index contributed by atoms with van der Waals surface area (Å²) in [4.78, 5) is 13.6. The van der Waals surface area contributed by atoms with E-state index in [1.165, 1.54) is 0 Å². The first-order chi connectivity index (χ1) is 8.10. The molecule has 1 unspecified atom stereocenters. The van der Waals surface area contributed by atoms with Crippen LogP contribution in [-0.2, 0) is 4.79 Å². The maximum Gasteiger partial charge on any atom is 0.243 e. The molecule has 92 valence electrons. The third kappa shape index (κ3) is 2.50. The molecule has 5 heteroatoms. The number of carbonyl (C=O) groups excluding carboxylic acids is 1. The zero-order valence-corrected chi connectivity index (χ0v) is 10.1. The van der Waals surface area contributed by atoms with E-state index in [1.807, 2.05) is 30.0 Å². The number of fused-ring (bicyclic) bond motifs is 1. The number of nitrogens with two attached hydrogens (primary N) is 1. The second-order valence-corrected chi connectivity index (χ2v) is 4.29. The molecule has 1 aliphatic heterocycles. The Balaban J connectivity index is 2.33. The minimum atomic E-state index is -0.0218. The molecule has 17 heavy (non-hydrogen) atoms. The molecule has 0 bridgehead atoms. The topological polar surface area (TPSA) is 67.6 Å². The van der Waals surface area contributed by atoms with Crippen LogP contribution in [0.3, 0.4) is 0 Å². The Hall–Kier alpha value is -1.75. The van der Waals surface area contributed by atoms with Crippen molar-refractivity contribution in [1.82, 2.24) is 0 Å². The third-order valence-electron chi connectivity index (χ3n) is 2.66. The van der Waals surface area contributed by atoms with Gasteiger partial charge in [-0.3, -0.25) is 4.79 Å². The zero-order chi connectivity index (χ0) is 12.4. The fourth-order valence-corrected chi connectivity index (χ4v) is 1.98. The second-order valence-electron chi connectivity index (χ2n) is 4.29. The van der Waals surface area contributed by atoms with E-state index in [1.54, 1.807) is 7.11 Å². The molecular formula is C12H17N3O2. The van der Waals surface area contributed by atoms with E-state index in [-0.39, 0.29) is 11.9 Å². The summed E-state index contributed by atoms with van der Waals surface area (Å²) < 4.78 is 5.14. The number of amides is 1. The minimum absolute atomic E-state index is 0.0218. The molecule has 1 aromatic carbocycles. The second kappa shape index (κ2) is 4.63. The molecule has 0 spiro atoms. The van der Waals surface area contributed by atoms with Gasteiger partial charge >= 0.3 is 0 Å². The van der Waals surface area contributed by atoms with Gasteiger partial charge < -0.3 is 20.7 Å². The summed E-state index contributed by atoms with van der Waals surface area (Å²) in [7, 11) is 1.60. The van der Waals surface area contributed by atoms with E-state index < -0.39 is 0 Å². The Morgan fingerprint density at radius 2 is 2.35 bits per heavy atom. The molecule has 1 heterocycles. The van der Waals surface area contributed by atoms with Crippen LogP contribution in [0.5, 0.6) is 5.75 Å². The number of benzene rings is 1. The van der Waals surface area contributed by atoms with Crippen LogP contribution in [-0.4, -0.2) is 32.1 Å². The van der Waals surface area contributed by atoms with Crippen LogP contribution in [0.4, 0.5) is 11.4 Å². The number of rotatable bonds is 3. The number of anilines is 2. The Kier molecular flexibility index (Phi) is 3.19. The molecule has 1 aromatic rings. The molecule has 1 atom stereocenters. The smallest absolute Gasteiger partial charge is 0.243 e. The molecule has 2 rings (SSSR count). The maximum atomic E-state index is 11.6. The summed E-state index contributed by atoms with van der Waals surface area (Å²) in [5.41, 5.74) is 7.55. The number of nitrogens with one attached hydrogen (secondary N) is 1. The van der Waals surface area contributed by atoms with Gasteiger partial charge in [0.1, 0.15) is 5.75 Å². The molecule has 0 fully saturated rings. The van der Waals surface area contributed by atoms with Crippen molar-refractivity contribution >= 4 is 17.3 Å². The molecule has 0 aliphatic carbocycles. The van der Waals surface area contributed by atoms with E-state index in [2.05, 4.69) is 5.32 Å².